The van der Waals surface area contributed by atoms with E-state index >= 15 is 0 Å². The van der Waals surface area contributed by atoms with Gasteiger partial charge in [-0.2, -0.15) is 0 Å². The number of aryl methyl sites for hydroxylation is 2. The lowest BCUT2D eigenvalue weighted by atomic mass is 9.91. The number of aliphatic imine (C=N–C) groups is 1. The van der Waals surface area contributed by atoms with Gasteiger partial charge >= 0.3 is 0 Å². The first-order valence-corrected chi connectivity index (χ1v) is 10.7. The SMILES string of the molecule is Cc1ccc2c(c1)Oc1ccc(C)cc1C(N1CCN(C(=O)CC(C)(C)C)CC1)=N2. The van der Waals surface area contributed by atoms with Crippen molar-refractivity contribution in [2.75, 3.05) is 26.2 Å². The first-order chi connectivity index (χ1) is 14.2. The Bertz CT molecular complexity index is 996. The Morgan fingerprint density at radius 2 is 1.63 bits per heavy atom. The molecule has 0 aliphatic carbocycles. The summed E-state index contributed by atoms with van der Waals surface area (Å²) in [4.78, 5) is 22.0. The van der Waals surface area contributed by atoms with Gasteiger partial charge < -0.3 is 14.5 Å². The average Bonchev–Trinajstić information content (AvgIpc) is 2.83. The van der Waals surface area contributed by atoms with Gasteiger partial charge in [-0.1, -0.05) is 38.5 Å². The smallest absolute Gasteiger partial charge is 0.223 e. The second-order valence-corrected chi connectivity index (χ2v) is 9.61. The van der Waals surface area contributed by atoms with Crippen LogP contribution in [0.2, 0.25) is 0 Å². The zero-order chi connectivity index (χ0) is 21.5. The molecule has 0 aromatic heterocycles. The number of hydrogen-bond donors (Lipinski definition) is 0. The van der Waals surface area contributed by atoms with Crippen LogP contribution in [-0.2, 0) is 4.79 Å². The largest absolute Gasteiger partial charge is 0.454 e. The number of piperazine rings is 1. The van der Waals surface area contributed by atoms with Gasteiger partial charge in [0.2, 0.25) is 5.91 Å². The molecular weight excluding hydrogens is 374 g/mol. The summed E-state index contributed by atoms with van der Waals surface area (Å²) in [7, 11) is 0. The summed E-state index contributed by atoms with van der Waals surface area (Å²) < 4.78 is 6.27. The summed E-state index contributed by atoms with van der Waals surface area (Å²) >= 11 is 0. The minimum Gasteiger partial charge on any atom is -0.454 e. The lowest BCUT2D eigenvalue weighted by Gasteiger charge is -2.37. The van der Waals surface area contributed by atoms with Gasteiger partial charge in [-0.15, -0.1) is 0 Å². The number of carbonyl (C=O) groups excluding carboxylic acids is 1. The molecule has 0 bridgehead atoms. The summed E-state index contributed by atoms with van der Waals surface area (Å²) in [6, 6.07) is 12.4. The van der Waals surface area contributed by atoms with E-state index in [9.17, 15) is 4.79 Å². The van der Waals surface area contributed by atoms with Gasteiger partial charge in [0.25, 0.3) is 0 Å². The molecule has 2 aromatic rings. The molecule has 4 rings (SSSR count). The molecular formula is C25H31N3O2. The third-order valence-electron chi connectivity index (χ3n) is 5.55. The Labute approximate surface area is 179 Å². The zero-order valence-corrected chi connectivity index (χ0v) is 18.7. The van der Waals surface area contributed by atoms with Crippen molar-refractivity contribution in [1.29, 1.82) is 0 Å². The van der Waals surface area contributed by atoms with Gasteiger partial charge in [-0.3, -0.25) is 4.79 Å². The standard InChI is InChI=1S/C25H31N3O2/c1-17-7-9-21-19(14-17)24(26-20-8-6-18(2)15-22(20)30-21)28-12-10-27(11-13-28)23(29)16-25(3,4)5/h6-9,14-15H,10-13,16H2,1-5H3. The second kappa shape index (κ2) is 7.78. The van der Waals surface area contributed by atoms with Gasteiger partial charge in [-0.05, 0) is 49.1 Å². The van der Waals surface area contributed by atoms with Crippen molar-refractivity contribution >= 4 is 17.4 Å². The van der Waals surface area contributed by atoms with E-state index in [0.29, 0.717) is 6.42 Å². The Hall–Kier alpha value is -2.82. The summed E-state index contributed by atoms with van der Waals surface area (Å²) in [5, 5.41) is 0. The molecule has 5 nitrogen and oxygen atoms in total. The minimum absolute atomic E-state index is 0.00916. The van der Waals surface area contributed by atoms with Gasteiger partial charge in [0.05, 0.1) is 5.56 Å². The van der Waals surface area contributed by atoms with E-state index in [0.717, 1.165) is 60.3 Å². The van der Waals surface area contributed by atoms with Crippen molar-refractivity contribution in [2.45, 2.75) is 41.0 Å². The minimum atomic E-state index is 0.00916. The number of rotatable bonds is 1. The molecule has 0 atom stereocenters. The van der Waals surface area contributed by atoms with E-state index in [4.69, 9.17) is 9.73 Å². The molecule has 158 valence electrons. The van der Waals surface area contributed by atoms with Crippen molar-refractivity contribution < 1.29 is 9.53 Å². The molecule has 2 aliphatic heterocycles. The topological polar surface area (TPSA) is 45.1 Å². The number of amidine groups is 1. The fourth-order valence-corrected chi connectivity index (χ4v) is 3.97. The van der Waals surface area contributed by atoms with Crippen LogP contribution >= 0.6 is 0 Å². The fourth-order valence-electron chi connectivity index (χ4n) is 3.97. The number of ether oxygens (including phenoxy) is 1. The van der Waals surface area contributed by atoms with Gasteiger partial charge in [0, 0.05) is 32.6 Å². The number of nitrogens with zero attached hydrogens (tertiary/aromatic N) is 3. The maximum atomic E-state index is 12.6. The highest BCUT2D eigenvalue weighted by Gasteiger charge is 2.29. The monoisotopic (exact) mass is 405 g/mol. The van der Waals surface area contributed by atoms with Crippen LogP contribution in [0, 0.1) is 19.3 Å². The number of amides is 1. The van der Waals surface area contributed by atoms with Crippen LogP contribution in [-0.4, -0.2) is 47.7 Å². The first-order valence-electron chi connectivity index (χ1n) is 10.7. The maximum Gasteiger partial charge on any atom is 0.223 e. The fraction of sp³-hybridized carbons (Fsp3) is 0.440. The maximum absolute atomic E-state index is 12.6. The average molecular weight is 406 g/mol. The van der Waals surface area contributed by atoms with E-state index in [2.05, 4.69) is 57.7 Å². The van der Waals surface area contributed by atoms with E-state index < -0.39 is 0 Å². The van der Waals surface area contributed by atoms with Crippen LogP contribution in [0.1, 0.15) is 43.9 Å². The number of fused-ring (bicyclic) bond motifs is 2. The Balaban J connectivity index is 1.62. The van der Waals surface area contributed by atoms with Gasteiger partial charge in [0.15, 0.2) is 5.75 Å². The predicted octanol–water partition coefficient (Wildman–Crippen LogP) is 5.07. The van der Waals surface area contributed by atoms with Crippen LogP contribution in [0.25, 0.3) is 0 Å². The van der Waals surface area contributed by atoms with Crippen molar-refractivity contribution in [1.82, 2.24) is 9.80 Å². The Kier molecular flexibility index (Phi) is 5.31. The summed E-state index contributed by atoms with van der Waals surface area (Å²) in [6.45, 7) is 13.5. The molecule has 1 saturated heterocycles. The van der Waals surface area contributed by atoms with Crippen LogP contribution in [0.3, 0.4) is 0 Å². The predicted molar refractivity (Wildman–Crippen MR) is 121 cm³/mol. The van der Waals surface area contributed by atoms with Gasteiger partial charge in [0.1, 0.15) is 17.3 Å². The highest BCUT2D eigenvalue weighted by Crippen LogP contribution is 2.39. The van der Waals surface area contributed by atoms with E-state index in [1.54, 1.807) is 0 Å². The third kappa shape index (κ3) is 4.35. The van der Waals surface area contributed by atoms with E-state index in [-0.39, 0.29) is 11.3 Å². The van der Waals surface area contributed by atoms with E-state index in [1.165, 1.54) is 5.56 Å². The molecule has 0 spiro atoms. The molecule has 0 radical (unpaired) electrons. The highest BCUT2D eigenvalue weighted by molar-refractivity contribution is 6.04. The molecule has 5 heteroatoms. The Morgan fingerprint density at radius 3 is 2.33 bits per heavy atom. The molecule has 1 amide bonds. The molecule has 1 fully saturated rings. The molecule has 2 aromatic carbocycles. The summed E-state index contributed by atoms with van der Waals surface area (Å²) in [5.41, 5.74) is 4.18. The third-order valence-corrected chi connectivity index (χ3v) is 5.55. The van der Waals surface area contributed by atoms with Crippen molar-refractivity contribution in [3.63, 3.8) is 0 Å². The summed E-state index contributed by atoms with van der Waals surface area (Å²) in [6.07, 6.45) is 0.580. The molecule has 0 N–H and O–H groups in total. The lowest BCUT2D eigenvalue weighted by Crippen LogP contribution is -2.51. The van der Waals surface area contributed by atoms with Crippen LogP contribution < -0.4 is 4.74 Å². The molecule has 2 heterocycles. The molecule has 2 aliphatic rings. The van der Waals surface area contributed by atoms with Crippen LogP contribution in [0.15, 0.2) is 41.4 Å². The summed E-state index contributed by atoms with van der Waals surface area (Å²) in [5.74, 6) is 2.79. The van der Waals surface area contributed by atoms with Crippen LogP contribution in [0.4, 0.5) is 5.69 Å². The molecule has 30 heavy (non-hydrogen) atoms. The number of hydrogen-bond acceptors (Lipinski definition) is 4. The van der Waals surface area contributed by atoms with E-state index in [1.807, 2.05) is 23.1 Å². The normalized spacial score (nSPS) is 16.2. The van der Waals surface area contributed by atoms with Gasteiger partial charge in [-0.25, -0.2) is 4.99 Å². The highest BCUT2D eigenvalue weighted by atomic mass is 16.5. The second-order valence-electron chi connectivity index (χ2n) is 9.61. The number of benzene rings is 2. The van der Waals surface area contributed by atoms with Crippen molar-refractivity contribution in [2.24, 2.45) is 10.4 Å². The first kappa shape index (κ1) is 20.5. The van der Waals surface area contributed by atoms with Crippen LogP contribution in [0.5, 0.6) is 11.5 Å². The van der Waals surface area contributed by atoms with Crippen molar-refractivity contribution in [3.05, 3.63) is 53.1 Å². The lowest BCUT2D eigenvalue weighted by molar-refractivity contribution is -0.134. The number of carbonyl (C=O) groups is 1. The molecule has 0 unspecified atom stereocenters. The Morgan fingerprint density at radius 1 is 0.967 bits per heavy atom. The zero-order valence-electron chi connectivity index (χ0n) is 18.7. The quantitative estimate of drug-likeness (QED) is 0.666. The molecule has 0 saturated carbocycles. The van der Waals surface area contributed by atoms with Crippen molar-refractivity contribution in [3.8, 4) is 11.5 Å².